The topological polar surface area (TPSA) is 84.7 Å². The van der Waals surface area contributed by atoms with Crippen LogP contribution in [-0.2, 0) is 30.7 Å². The van der Waals surface area contributed by atoms with Crippen LogP contribution in [0.5, 0.6) is 5.75 Å². The summed E-state index contributed by atoms with van der Waals surface area (Å²) in [7, 11) is 1.63. The molecule has 0 aliphatic heterocycles. The van der Waals surface area contributed by atoms with Crippen LogP contribution >= 0.6 is 11.3 Å². The summed E-state index contributed by atoms with van der Waals surface area (Å²) in [5, 5.41) is 8.79. The van der Waals surface area contributed by atoms with E-state index >= 15 is 0 Å². The number of thiophene rings is 1. The van der Waals surface area contributed by atoms with E-state index in [9.17, 15) is 9.59 Å². The number of hydrogen-bond donors (Lipinski definition) is 1. The van der Waals surface area contributed by atoms with Gasteiger partial charge in [0.25, 0.3) is 5.91 Å². The highest BCUT2D eigenvalue weighted by atomic mass is 32.1. The molecule has 0 fully saturated rings. The van der Waals surface area contributed by atoms with Crippen molar-refractivity contribution < 1.29 is 18.8 Å². The number of aryl methyl sites for hydroxylation is 1. The highest BCUT2D eigenvalue weighted by molar-refractivity contribution is 7.09. The molecule has 8 heteroatoms. The number of nitrogens with zero attached hydrogens (tertiary/aromatic N) is 2. The average Bonchev–Trinajstić information content (AvgIpc) is 3.60. The molecule has 2 heterocycles. The number of hydrogen-bond acceptors (Lipinski definition) is 6. The lowest BCUT2D eigenvalue weighted by Crippen LogP contribution is -2.30. The molecule has 7 nitrogen and oxygen atoms in total. The Morgan fingerprint density at radius 3 is 2.47 bits per heavy atom. The lowest BCUT2D eigenvalue weighted by molar-refractivity contribution is -0.132. The normalized spacial score (nSPS) is 10.7. The van der Waals surface area contributed by atoms with Gasteiger partial charge in [-0.15, -0.1) is 11.3 Å². The van der Waals surface area contributed by atoms with Crippen molar-refractivity contribution in [1.29, 1.82) is 0 Å². The number of methoxy groups -OCH3 is 1. The summed E-state index contributed by atoms with van der Waals surface area (Å²) in [6.45, 7) is 1.20. The van der Waals surface area contributed by atoms with E-state index in [1.54, 1.807) is 29.4 Å². The van der Waals surface area contributed by atoms with Gasteiger partial charge in [0.15, 0.2) is 11.5 Å². The van der Waals surface area contributed by atoms with E-state index in [0.29, 0.717) is 38.1 Å². The maximum atomic E-state index is 13.1. The molecule has 2 aromatic heterocycles. The second kappa shape index (κ2) is 12.7. The average molecular weight is 504 g/mol. The van der Waals surface area contributed by atoms with Gasteiger partial charge in [-0.05, 0) is 47.5 Å². The SMILES string of the molecule is COc1ccc(CCNC(=O)c2cc(CN(Cc3cccs3)C(=O)CCc3ccccc3)on2)cc1. The largest absolute Gasteiger partial charge is 0.497 e. The smallest absolute Gasteiger partial charge is 0.273 e. The van der Waals surface area contributed by atoms with Crippen molar-refractivity contribution in [3.63, 3.8) is 0 Å². The number of ether oxygens (including phenoxy) is 1. The number of aromatic nitrogens is 1. The van der Waals surface area contributed by atoms with E-state index in [1.807, 2.05) is 72.1 Å². The summed E-state index contributed by atoms with van der Waals surface area (Å²) < 4.78 is 10.6. The highest BCUT2D eigenvalue weighted by Gasteiger charge is 2.19. The molecule has 0 unspecified atom stereocenters. The second-order valence-electron chi connectivity index (χ2n) is 8.35. The van der Waals surface area contributed by atoms with Crippen LogP contribution in [0.15, 0.2) is 82.7 Å². The first kappa shape index (κ1) is 25.2. The van der Waals surface area contributed by atoms with Crippen molar-refractivity contribution in [2.45, 2.75) is 32.4 Å². The maximum absolute atomic E-state index is 13.1. The molecular weight excluding hydrogens is 474 g/mol. The van der Waals surface area contributed by atoms with Gasteiger partial charge in [0, 0.05) is 23.9 Å². The third kappa shape index (κ3) is 7.29. The molecule has 0 radical (unpaired) electrons. The van der Waals surface area contributed by atoms with Crippen LogP contribution in [0.25, 0.3) is 0 Å². The van der Waals surface area contributed by atoms with Gasteiger partial charge in [-0.1, -0.05) is 53.7 Å². The van der Waals surface area contributed by atoms with Crippen LogP contribution in [0, 0.1) is 0 Å². The Bertz CT molecular complexity index is 1240. The quantitative estimate of drug-likeness (QED) is 0.298. The molecule has 1 N–H and O–H groups in total. The summed E-state index contributed by atoms with van der Waals surface area (Å²) in [5.74, 6) is 0.984. The Hall–Kier alpha value is -3.91. The lowest BCUT2D eigenvalue weighted by Gasteiger charge is -2.21. The van der Waals surface area contributed by atoms with Crippen molar-refractivity contribution in [3.05, 3.63) is 106 Å². The van der Waals surface area contributed by atoms with E-state index in [4.69, 9.17) is 9.26 Å². The lowest BCUT2D eigenvalue weighted by atomic mass is 10.1. The van der Waals surface area contributed by atoms with Crippen LogP contribution in [0.3, 0.4) is 0 Å². The zero-order chi connectivity index (χ0) is 25.2. The minimum Gasteiger partial charge on any atom is -0.497 e. The van der Waals surface area contributed by atoms with Crippen LogP contribution in [0.4, 0.5) is 0 Å². The van der Waals surface area contributed by atoms with Gasteiger partial charge in [-0.2, -0.15) is 0 Å². The standard InChI is InChI=1S/C28H29N3O4S/c1-34-23-12-9-22(10-13-23)15-16-29-28(33)26-18-24(35-30-26)19-31(20-25-8-5-17-36-25)27(32)14-11-21-6-3-2-4-7-21/h2-10,12-13,17-18H,11,14-16,19-20H2,1H3,(H,29,33). The summed E-state index contributed by atoms with van der Waals surface area (Å²) in [6.07, 6.45) is 1.74. The van der Waals surface area contributed by atoms with Crippen molar-refractivity contribution >= 4 is 23.2 Å². The van der Waals surface area contributed by atoms with Gasteiger partial charge in [-0.25, -0.2) is 0 Å². The molecule has 0 atom stereocenters. The minimum absolute atomic E-state index is 0.0224. The van der Waals surface area contributed by atoms with Crippen LogP contribution < -0.4 is 10.1 Å². The van der Waals surface area contributed by atoms with Crippen LogP contribution in [-0.4, -0.2) is 35.5 Å². The van der Waals surface area contributed by atoms with E-state index in [-0.39, 0.29) is 24.1 Å². The number of carbonyl (C=O) groups is 2. The van der Waals surface area contributed by atoms with E-state index in [2.05, 4.69) is 10.5 Å². The molecule has 0 bridgehead atoms. The van der Waals surface area contributed by atoms with E-state index < -0.39 is 0 Å². The van der Waals surface area contributed by atoms with Gasteiger partial charge in [0.05, 0.1) is 20.2 Å². The third-order valence-electron chi connectivity index (χ3n) is 5.75. The van der Waals surface area contributed by atoms with E-state index in [0.717, 1.165) is 21.8 Å². The number of nitrogens with one attached hydrogen (secondary N) is 1. The highest BCUT2D eigenvalue weighted by Crippen LogP contribution is 2.17. The molecule has 0 aliphatic rings. The molecule has 0 saturated carbocycles. The summed E-state index contributed by atoms with van der Waals surface area (Å²) in [5.41, 5.74) is 2.41. The number of carbonyl (C=O) groups excluding carboxylic acids is 2. The Morgan fingerprint density at radius 1 is 0.972 bits per heavy atom. The first-order valence-corrected chi connectivity index (χ1v) is 12.7. The molecular formula is C28H29N3O4S. The molecule has 0 aliphatic carbocycles. The van der Waals surface area contributed by atoms with Crippen molar-refractivity contribution in [2.24, 2.45) is 0 Å². The predicted molar refractivity (Wildman–Crippen MR) is 139 cm³/mol. The van der Waals surface area contributed by atoms with E-state index in [1.165, 1.54) is 0 Å². The second-order valence-corrected chi connectivity index (χ2v) is 9.38. The molecule has 186 valence electrons. The zero-order valence-corrected chi connectivity index (χ0v) is 21.0. The molecule has 4 rings (SSSR count). The first-order chi connectivity index (χ1) is 17.6. The third-order valence-corrected chi connectivity index (χ3v) is 6.61. The van der Waals surface area contributed by atoms with Crippen LogP contribution in [0.1, 0.15) is 38.7 Å². The number of amides is 2. The van der Waals surface area contributed by atoms with Crippen molar-refractivity contribution in [3.8, 4) is 5.75 Å². The maximum Gasteiger partial charge on any atom is 0.273 e. The predicted octanol–water partition coefficient (Wildman–Crippen LogP) is 4.88. The van der Waals surface area contributed by atoms with Crippen molar-refractivity contribution in [2.75, 3.05) is 13.7 Å². The summed E-state index contributed by atoms with van der Waals surface area (Å²) in [4.78, 5) is 28.5. The Morgan fingerprint density at radius 2 is 1.75 bits per heavy atom. The van der Waals surface area contributed by atoms with Gasteiger partial charge in [0.2, 0.25) is 5.91 Å². The monoisotopic (exact) mass is 503 g/mol. The van der Waals surface area contributed by atoms with Gasteiger partial charge in [-0.3, -0.25) is 9.59 Å². The molecule has 2 aromatic carbocycles. The van der Waals surface area contributed by atoms with Gasteiger partial charge in [0.1, 0.15) is 5.75 Å². The minimum atomic E-state index is -0.307. The Kier molecular flexibility index (Phi) is 8.88. The number of benzene rings is 2. The molecule has 0 spiro atoms. The molecule has 4 aromatic rings. The summed E-state index contributed by atoms with van der Waals surface area (Å²) in [6, 6.07) is 23.3. The van der Waals surface area contributed by atoms with Crippen molar-refractivity contribution in [1.82, 2.24) is 15.4 Å². The van der Waals surface area contributed by atoms with Gasteiger partial charge < -0.3 is 19.5 Å². The summed E-state index contributed by atoms with van der Waals surface area (Å²) >= 11 is 1.60. The number of rotatable bonds is 12. The molecule has 0 saturated heterocycles. The van der Waals surface area contributed by atoms with Gasteiger partial charge >= 0.3 is 0 Å². The molecule has 36 heavy (non-hydrogen) atoms. The van der Waals surface area contributed by atoms with Crippen LogP contribution in [0.2, 0.25) is 0 Å². The Balaban J connectivity index is 1.33. The fourth-order valence-corrected chi connectivity index (χ4v) is 4.48. The fourth-order valence-electron chi connectivity index (χ4n) is 3.76. The molecule has 2 amide bonds. The first-order valence-electron chi connectivity index (χ1n) is 11.8. The fraction of sp³-hybridized carbons (Fsp3) is 0.250. The zero-order valence-electron chi connectivity index (χ0n) is 20.2. The Labute approximate surface area is 214 Å².